The minimum Gasteiger partial charge on any atom is -0.466 e. The molecule has 0 saturated carbocycles. The molecule has 1 N–H and O–H groups in total. The van der Waals surface area contributed by atoms with E-state index < -0.39 is 5.97 Å². The van der Waals surface area contributed by atoms with E-state index in [4.69, 9.17) is 16.3 Å². The van der Waals surface area contributed by atoms with Gasteiger partial charge in [-0.1, -0.05) is 0 Å². The normalized spacial score (nSPS) is 9.76. The Bertz CT molecular complexity index is 412. The lowest BCUT2D eigenvalue weighted by Crippen LogP contribution is -2.15. The van der Waals surface area contributed by atoms with Crippen molar-refractivity contribution in [3.63, 3.8) is 0 Å². The Hall–Kier alpha value is -1.69. The maximum atomic E-state index is 11.4. The minimum absolute atomic E-state index is 0.0402. The smallest absolute Gasteiger partial charge is 0.306 e. The first-order valence-corrected chi connectivity index (χ1v) is 5.43. The molecule has 0 aliphatic heterocycles. The van der Waals surface area contributed by atoms with E-state index in [1.807, 2.05) is 0 Å². The molecule has 92 valence electrons. The number of ether oxygens (including phenoxy) is 1. The number of hydrogen-bond acceptors (Lipinski definition) is 5. The Morgan fingerprint density at radius 2 is 2.24 bits per heavy atom. The lowest BCUT2D eigenvalue weighted by Gasteiger charge is -2.04. The number of halogens is 1. The maximum Gasteiger partial charge on any atom is 0.306 e. The van der Waals surface area contributed by atoms with Crippen LogP contribution in [0.1, 0.15) is 19.8 Å². The minimum atomic E-state index is -0.400. The van der Waals surface area contributed by atoms with Gasteiger partial charge >= 0.3 is 5.97 Å². The Balaban J connectivity index is 2.37. The van der Waals surface area contributed by atoms with Crippen LogP contribution in [-0.2, 0) is 14.3 Å². The van der Waals surface area contributed by atoms with Crippen molar-refractivity contribution < 1.29 is 14.3 Å². The third kappa shape index (κ3) is 5.26. The van der Waals surface area contributed by atoms with Gasteiger partial charge in [-0.3, -0.25) is 9.59 Å². The molecule has 17 heavy (non-hydrogen) atoms. The van der Waals surface area contributed by atoms with E-state index in [-0.39, 0.29) is 24.0 Å². The molecule has 7 heteroatoms. The summed E-state index contributed by atoms with van der Waals surface area (Å²) >= 11 is 5.55. The molecule has 1 heterocycles. The molecule has 0 saturated heterocycles. The van der Waals surface area contributed by atoms with E-state index in [0.29, 0.717) is 12.4 Å². The molecule has 1 amide bonds. The summed E-state index contributed by atoms with van der Waals surface area (Å²) in [5.41, 5.74) is 0. The quantitative estimate of drug-likeness (QED) is 0.637. The van der Waals surface area contributed by atoms with Crippen molar-refractivity contribution in [2.45, 2.75) is 19.8 Å². The second kappa shape index (κ2) is 6.80. The number of nitrogens with zero attached hydrogens (tertiary/aromatic N) is 2. The Morgan fingerprint density at radius 3 is 2.88 bits per heavy atom. The molecule has 0 fully saturated rings. The third-order valence-electron chi connectivity index (χ3n) is 1.76. The summed E-state index contributed by atoms with van der Waals surface area (Å²) in [7, 11) is 0. The van der Waals surface area contributed by atoms with Crippen LogP contribution in [0.15, 0.2) is 12.3 Å². The topological polar surface area (TPSA) is 81.2 Å². The molecule has 0 spiro atoms. The molecule has 0 atom stereocenters. The van der Waals surface area contributed by atoms with Crippen molar-refractivity contribution >= 4 is 29.3 Å². The maximum absolute atomic E-state index is 11.4. The first-order chi connectivity index (χ1) is 8.11. The van der Waals surface area contributed by atoms with Crippen molar-refractivity contribution in [2.24, 2.45) is 0 Å². The van der Waals surface area contributed by atoms with Gasteiger partial charge in [-0.15, -0.1) is 0 Å². The van der Waals surface area contributed by atoms with E-state index in [2.05, 4.69) is 15.3 Å². The predicted molar refractivity (Wildman–Crippen MR) is 61.5 cm³/mol. The third-order valence-corrected chi connectivity index (χ3v) is 1.94. The van der Waals surface area contributed by atoms with Crippen LogP contribution in [0.2, 0.25) is 5.28 Å². The highest BCUT2D eigenvalue weighted by Gasteiger charge is 2.08. The number of nitrogens with one attached hydrogen (secondary N) is 1. The van der Waals surface area contributed by atoms with Crippen molar-refractivity contribution in [1.82, 2.24) is 9.97 Å². The van der Waals surface area contributed by atoms with E-state index in [1.165, 1.54) is 12.3 Å². The molecule has 0 aliphatic rings. The standard InChI is InChI=1S/C10H12ClN3O3/c1-2-17-9(16)4-3-8(15)13-7-5-6-12-10(11)14-7/h5-6H,2-4H2,1H3,(H,12,13,14,15). The van der Waals surface area contributed by atoms with Crippen molar-refractivity contribution in [2.75, 3.05) is 11.9 Å². The molecule has 0 radical (unpaired) electrons. The number of carbonyl (C=O) groups is 2. The van der Waals surface area contributed by atoms with Crippen LogP contribution >= 0.6 is 11.6 Å². The SMILES string of the molecule is CCOC(=O)CCC(=O)Nc1ccnc(Cl)n1. The van der Waals surface area contributed by atoms with Gasteiger partial charge in [0.2, 0.25) is 11.2 Å². The summed E-state index contributed by atoms with van der Waals surface area (Å²) in [6.07, 6.45) is 1.51. The number of carbonyl (C=O) groups excluding carboxylic acids is 2. The molecule has 1 aromatic rings. The Labute approximate surface area is 103 Å². The van der Waals surface area contributed by atoms with Gasteiger partial charge in [0.25, 0.3) is 0 Å². The number of amides is 1. The number of rotatable bonds is 5. The molecular weight excluding hydrogens is 246 g/mol. The molecule has 1 aromatic heterocycles. The van der Waals surface area contributed by atoms with Gasteiger partial charge in [0.15, 0.2) is 0 Å². The lowest BCUT2D eigenvalue weighted by atomic mass is 10.3. The number of esters is 1. The fourth-order valence-electron chi connectivity index (χ4n) is 1.06. The van der Waals surface area contributed by atoms with E-state index >= 15 is 0 Å². The van der Waals surface area contributed by atoms with Gasteiger partial charge in [-0.2, -0.15) is 0 Å². The van der Waals surface area contributed by atoms with Gasteiger partial charge in [-0.05, 0) is 24.6 Å². The van der Waals surface area contributed by atoms with Crippen LogP contribution in [0.3, 0.4) is 0 Å². The molecule has 0 unspecified atom stereocenters. The van der Waals surface area contributed by atoms with Crippen LogP contribution in [0, 0.1) is 0 Å². The fraction of sp³-hybridized carbons (Fsp3) is 0.400. The molecule has 1 rings (SSSR count). The summed E-state index contributed by atoms with van der Waals surface area (Å²) in [5, 5.41) is 2.55. The van der Waals surface area contributed by atoms with Gasteiger partial charge in [0, 0.05) is 12.6 Å². The molecule has 0 aromatic carbocycles. The summed E-state index contributed by atoms with van der Waals surface area (Å²) in [4.78, 5) is 29.9. The van der Waals surface area contributed by atoms with Gasteiger partial charge < -0.3 is 10.1 Å². The zero-order chi connectivity index (χ0) is 12.7. The van der Waals surface area contributed by atoms with Crippen LogP contribution in [0.4, 0.5) is 5.82 Å². The lowest BCUT2D eigenvalue weighted by molar-refractivity contribution is -0.144. The van der Waals surface area contributed by atoms with Crippen LogP contribution in [0.5, 0.6) is 0 Å². The molecule has 0 bridgehead atoms. The summed E-state index contributed by atoms with van der Waals surface area (Å²) in [5.74, 6) is -0.421. The summed E-state index contributed by atoms with van der Waals surface area (Å²) in [6.45, 7) is 2.02. The van der Waals surface area contributed by atoms with Crippen LogP contribution < -0.4 is 5.32 Å². The zero-order valence-electron chi connectivity index (χ0n) is 9.27. The fourth-order valence-corrected chi connectivity index (χ4v) is 1.21. The Morgan fingerprint density at radius 1 is 1.47 bits per heavy atom. The van der Waals surface area contributed by atoms with Gasteiger partial charge in [-0.25, -0.2) is 9.97 Å². The first kappa shape index (κ1) is 13.4. The number of hydrogen-bond donors (Lipinski definition) is 1. The molecule has 0 aliphatic carbocycles. The van der Waals surface area contributed by atoms with E-state index in [9.17, 15) is 9.59 Å². The monoisotopic (exact) mass is 257 g/mol. The highest BCUT2D eigenvalue weighted by atomic mass is 35.5. The van der Waals surface area contributed by atoms with Crippen LogP contribution in [-0.4, -0.2) is 28.5 Å². The molecular formula is C10H12ClN3O3. The summed E-state index contributed by atoms with van der Waals surface area (Å²) in [6, 6.07) is 1.51. The van der Waals surface area contributed by atoms with Gasteiger partial charge in [0.1, 0.15) is 5.82 Å². The summed E-state index contributed by atoms with van der Waals surface area (Å²) < 4.78 is 4.70. The largest absolute Gasteiger partial charge is 0.466 e. The second-order valence-corrected chi connectivity index (χ2v) is 3.40. The van der Waals surface area contributed by atoms with Crippen molar-refractivity contribution in [1.29, 1.82) is 0 Å². The van der Waals surface area contributed by atoms with Crippen molar-refractivity contribution in [3.8, 4) is 0 Å². The average Bonchev–Trinajstić information content (AvgIpc) is 2.27. The number of aromatic nitrogens is 2. The van der Waals surface area contributed by atoms with Gasteiger partial charge in [0.05, 0.1) is 13.0 Å². The molecule has 6 nitrogen and oxygen atoms in total. The van der Waals surface area contributed by atoms with Crippen molar-refractivity contribution in [3.05, 3.63) is 17.5 Å². The van der Waals surface area contributed by atoms with E-state index in [1.54, 1.807) is 6.92 Å². The zero-order valence-corrected chi connectivity index (χ0v) is 10.0. The number of anilines is 1. The Kier molecular flexibility index (Phi) is 5.35. The van der Waals surface area contributed by atoms with Crippen LogP contribution in [0.25, 0.3) is 0 Å². The average molecular weight is 258 g/mol. The second-order valence-electron chi connectivity index (χ2n) is 3.06. The first-order valence-electron chi connectivity index (χ1n) is 5.06. The highest BCUT2D eigenvalue weighted by Crippen LogP contribution is 2.06. The van der Waals surface area contributed by atoms with E-state index in [0.717, 1.165) is 0 Å². The highest BCUT2D eigenvalue weighted by molar-refractivity contribution is 6.28. The predicted octanol–water partition coefficient (Wildman–Crippen LogP) is 1.41.